The highest BCUT2D eigenvalue weighted by atomic mass is 19.1. The summed E-state index contributed by atoms with van der Waals surface area (Å²) in [6.45, 7) is 4.85. The quantitative estimate of drug-likeness (QED) is 0.772. The Morgan fingerprint density at radius 1 is 1.41 bits per heavy atom. The number of ether oxygens (including phenoxy) is 1. The zero-order chi connectivity index (χ0) is 21.0. The van der Waals surface area contributed by atoms with E-state index < -0.39 is 17.5 Å². The second-order valence-corrected chi connectivity index (χ2v) is 8.30. The molecule has 2 atom stereocenters. The van der Waals surface area contributed by atoms with Crippen molar-refractivity contribution >= 4 is 5.91 Å². The van der Waals surface area contributed by atoms with Crippen molar-refractivity contribution in [1.29, 1.82) is 0 Å². The van der Waals surface area contributed by atoms with Gasteiger partial charge in [0.05, 0.1) is 6.54 Å². The molecule has 2 heterocycles. The number of aromatic nitrogens is 2. The van der Waals surface area contributed by atoms with Crippen molar-refractivity contribution in [2.45, 2.75) is 51.2 Å². The molecule has 0 saturated carbocycles. The van der Waals surface area contributed by atoms with Crippen LogP contribution < -0.4 is 4.74 Å². The minimum atomic E-state index is -1.06. The Labute approximate surface area is 171 Å². The summed E-state index contributed by atoms with van der Waals surface area (Å²) in [7, 11) is 1.86. The molecule has 0 unspecified atom stereocenters. The van der Waals surface area contributed by atoms with Crippen LogP contribution in [0.25, 0.3) is 0 Å². The molecular weight excluding hydrogens is 373 g/mol. The van der Waals surface area contributed by atoms with Crippen LogP contribution in [-0.4, -0.2) is 50.5 Å². The molecule has 1 saturated heterocycles. The number of carbonyl (C=O) groups excluding carboxylic acids is 1. The first-order valence-corrected chi connectivity index (χ1v) is 10.2. The highest BCUT2D eigenvalue weighted by molar-refractivity contribution is 5.76. The van der Waals surface area contributed by atoms with Crippen molar-refractivity contribution in [2.24, 2.45) is 13.0 Å². The maximum Gasteiger partial charge on any atom is 0.223 e. The monoisotopic (exact) mass is 403 g/mol. The van der Waals surface area contributed by atoms with Crippen LogP contribution in [0.2, 0.25) is 0 Å². The van der Waals surface area contributed by atoms with Crippen molar-refractivity contribution in [3.8, 4) is 5.75 Å². The maximum absolute atomic E-state index is 13.6. The first-order chi connectivity index (χ1) is 13.8. The van der Waals surface area contributed by atoms with E-state index in [4.69, 9.17) is 4.74 Å². The fourth-order valence-electron chi connectivity index (χ4n) is 4.01. The summed E-state index contributed by atoms with van der Waals surface area (Å²) < 4.78 is 21.4. The molecule has 1 aromatic carbocycles. The smallest absolute Gasteiger partial charge is 0.223 e. The van der Waals surface area contributed by atoms with Gasteiger partial charge < -0.3 is 14.7 Å². The van der Waals surface area contributed by atoms with Gasteiger partial charge >= 0.3 is 0 Å². The number of nitrogens with zero attached hydrogens (tertiary/aromatic N) is 3. The highest BCUT2D eigenvalue weighted by Crippen LogP contribution is 2.32. The van der Waals surface area contributed by atoms with Gasteiger partial charge in [-0.25, -0.2) is 4.39 Å². The van der Waals surface area contributed by atoms with E-state index in [-0.39, 0.29) is 18.4 Å². The van der Waals surface area contributed by atoms with E-state index in [1.165, 1.54) is 12.1 Å². The zero-order valence-corrected chi connectivity index (χ0v) is 17.3. The number of aliphatic hydroxyl groups is 1. The third kappa shape index (κ3) is 5.35. The first-order valence-electron chi connectivity index (χ1n) is 10.2. The average molecular weight is 403 g/mol. The molecule has 29 heavy (non-hydrogen) atoms. The second kappa shape index (κ2) is 8.95. The topological polar surface area (TPSA) is 67.6 Å². The van der Waals surface area contributed by atoms with Gasteiger partial charge in [0, 0.05) is 38.0 Å². The molecular formula is C22H30FN3O3. The van der Waals surface area contributed by atoms with Crippen molar-refractivity contribution < 1.29 is 19.0 Å². The fraction of sp³-hybridized carbons (Fsp3) is 0.545. The fourth-order valence-corrected chi connectivity index (χ4v) is 4.01. The summed E-state index contributed by atoms with van der Waals surface area (Å²) in [5.74, 6) is 0.257. The van der Waals surface area contributed by atoms with E-state index in [0.717, 1.165) is 5.69 Å². The number of piperidine rings is 1. The largest absolute Gasteiger partial charge is 0.485 e. The van der Waals surface area contributed by atoms with Gasteiger partial charge in [-0.15, -0.1) is 0 Å². The van der Waals surface area contributed by atoms with Gasteiger partial charge in [0.15, 0.2) is 0 Å². The van der Waals surface area contributed by atoms with E-state index in [2.05, 4.69) is 5.10 Å². The molecule has 0 bridgehead atoms. The highest BCUT2D eigenvalue weighted by Gasteiger charge is 2.44. The van der Waals surface area contributed by atoms with Crippen LogP contribution in [0.3, 0.4) is 0 Å². The number of likely N-dealkylation sites (tertiary alicyclic amines) is 1. The molecule has 0 radical (unpaired) electrons. The Bertz CT molecular complexity index is 838. The molecule has 1 aliphatic rings. The average Bonchev–Trinajstić information content (AvgIpc) is 3.06. The first kappa shape index (κ1) is 21.3. The van der Waals surface area contributed by atoms with E-state index in [0.29, 0.717) is 38.0 Å². The number of rotatable bonds is 7. The van der Waals surface area contributed by atoms with Gasteiger partial charge in [-0.05, 0) is 43.4 Å². The van der Waals surface area contributed by atoms with Crippen molar-refractivity contribution in [3.05, 3.63) is 48.0 Å². The number of carbonyl (C=O) groups is 1. The summed E-state index contributed by atoms with van der Waals surface area (Å²) in [5, 5.41) is 15.4. The van der Waals surface area contributed by atoms with E-state index in [9.17, 15) is 14.3 Å². The Balaban J connectivity index is 1.70. The summed E-state index contributed by atoms with van der Waals surface area (Å²) in [6, 6.07) is 7.80. The summed E-state index contributed by atoms with van der Waals surface area (Å²) >= 11 is 0. The van der Waals surface area contributed by atoms with E-state index in [1.807, 2.05) is 27.0 Å². The van der Waals surface area contributed by atoms with Crippen LogP contribution >= 0.6 is 0 Å². The lowest BCUT2D eigenvalue weighted by atomic mass is 9.81. The molecule has 158 valence electrons. The lowest BCUT2D eigenvalue weighted by Gasteiger charge is -2.45. The third-order valence-corrected chi connectivity index (χ3v) is 5.51. The zero-order valence-electron chi connectivity index (χ0n) is 17.3. The SMILES string of the molecule is CC(C)C[C@]1(O)CCN(C(=O)CCc2ccnn2C)C[C@@H]1Oc1cccc(F)c1. The summed E-state index contributed by atoms with van der Waals surface area (Å²) in [6.07, 6.45) is 3.08. The molecule has 2 aromatic rings. The van der Waals surface area contributed by atoms with Crippen LogP contribution in [0.1, 0.15) is 38.8 Å². The van der Waals surface area contributed by atoms with Crippen molar-refractivity contribution in [2.75, 3.05) is 13.1 Å². The molecule has 6 nitrogen and oxygen atoms in total. The molecule has 3 rings (SSSR count). The number of halogens is 1. The molecule has 1 N–H and O–H groups in total. The van der Waals surface area contributed by atoms with Gasteiger partial charge in [0.2, 0.25) is 5.91 Å². The second-order valence-electron chi connectivity index (χ2n) is 8.30. The number of benzene rings is 1. The van der Waals surface area contributed by atoms with Gasteiger partial charge in [0.1, 0.15) is 23.3 Å². The Morgan fingerprint density at radius 2 is 2.21 bits per heavy atom. The minimum absolute atomic E-state index is 0.0191. The number of hydrogen-bond donors (Lipinski definition) is 1. The Kier molecular flexibility index (Phi) is 6.57. The predicted molar refractivity (Wildman–Crippen MR) is 108 cm³/mol. The number of aryl methyl sites for hydroxylation is 2. The molecule has 0 aliphatic carbocycles. The molecule has 1 aromatic heterocycles. The lowest BCUT2D eigenvalue weighted by molar-refractivity contribution is -0.148. The Hall–Kier alpha value is -2.41. The number of hydrogen-bond acceptors (Lipinski definition) is 4. The molecule has 7 heteroatoms. The predicted octanol–water partition coefficient (Wildman–Crippen LogP) is 2.95. The molecule has 1 aliphatic heterocycles. The van der Waals surface area contributed by atoms with Crippen LogP contribution in [0.15, 0.2) is 36.5 Å². The standard InChI is InChI=1S/C22H30FN3O3/c1-16(2)14-22(28)10-12-26(21(27)8-7-18-9-11-24-25(18)3)15-20(22)29-19-6-4-5-17(23)13-19/h4-6,9,11,13,16,20,28H,7-8,10,12,14-15H2,1-3H3/t20-,22+/m0/s1. The van der Waals surface area contributed by atoms with Gasteiger partial charge in [-0.1, -0.05) is 19.9 Å². The van der Waals surface area contributed by atoms with Crippen LogP contribution in [0, 0.1) is 11.7 Å². The summed E-state index contributed by atoms with van der Waals surface area (Å²) in [4.78, 5) is 14.5. The lowest BCUT2D eigenvalue weighted by Crippen LogP contribution is -2.59. The van der Waals surface area contributed by atoms with E-state index >= 15 is 0 Å². The molecule has 1 fully saturated rings. The normalized spacial score (nSPS) is 22.1. The van der Waals surface area contributed by atoms with Gasteiger partial charge in [0.25, 0.3) is 0 Å². The minimum Gasteiger partial charge on any atom is -0.485 e. The van der Waals surface area contributed by atoms with Crippen LogP contribution in [0.5, 0.6) is 5.75 Å². The molecule has 1 amide bonds. The van der Waals surface area contributed by atoms with Crippen molar-refractivity contribution in [1.82, 2.24) is 14.7 Å². The van der Waals surface area contributed by atoms with Crippen LogP contribution in [-0.2, 0) is 18.3 Å². The number of amides is 1. The van der Waals surface area contributed by atoms with Crippen molar-refractivity contribution in [3.63, 3.8) is 0 Å². The van der Waals surface area contributed by atoms with Gasteiger partial charge in [-0.3, -0.25) is 9.48 Å². The Morgan fingerprint density at radius 3 is 2.86 bits per heavy atom. The van der Waals surface area contributed by atoms with Crippen LogP contribution in [0.4, 0.5) is 4.39 Å². The third-order valence-electron chi connectivity index (χ3n) is 5.51. The van der Waals surface area contributed by atoms with E-state index in [1.54, 1.807) is 27.9 Å². The summed E-state index contributed by atoms with van der Waals surface area (Å²) in [5.41, 5.74) is -0.0570. The molecule has 0 spiro atoms. The van der Waals surface area contributed by atoms with Gasteiger partial charge in [-0.2, -0.15) is 5.10 Å². The maximum atomic E-state index is 13.6.